The number of nitrogens with zero attached hydrogens (tertiary/aromatic N) is 1. The van der Waals surface area contributed by atoms with Gasteiger partial charge in [0.1, 0.15) is 0 Å². The second kappa shape index (κ2) is 8.38. The van der Waals surface area contributed by atoms with Crippen LogP contribution in [0.2, 0.25) is 0 Å². The fourth-order valence-electron chi connectivity index (χ4n) is 3.07. The lowest BCUT2D eigenvalue weighted by atomic mass is 10.0. The Bertz CT molecular complexity index is 699. The third-order valence-electron chi connectivity index (χ3n) is 4.63. The normalized spacial score (nSPS) is 18.5. The number of carbonyl (C=O) groups is 1. The van der Waals surface area contributed by atoms with Crippen LogP contribution in [0, 0.1) is 5.92 Å². The molecule has 1 heterocycles. The minimum atomic E-state index is -3.41. The molecule has 0 atom stereocenters. The van der Waals surface area contributed by atoms with Crippen LogP contribution in [0.15, 0.2) is 24.3 Å². The topological polar surface area (TPSA) is 78.5 Å². The van der Waals surface area contributed by atoms with E-state index in [1.54, 1.807) is 24.3 Å². The van der Waals surface area contributed by atoms with E-state index in [1.165, 1.54) is 12.8 Å². The van der Waals surface area contributed by atoms with Gasteiger partial charge >= 0.3 is 0 Å². The van der Waals surface area contributed by atoms with E-state index < -0.39 is 10.0 Å². The van der Waals surface area contributed by atoms with Crippen LogP contribution in [0.3, 0.4) is 0 Å². The molecule has 2 aliphatic rings. The van der Waals surface area contributed by atoms with Gasteiger partial charge in [-0.15, -0.1) is 12.4 Å². The summed E-state index contributed by atoms with van der Waals surface area (Å²) in [6.45, 7) is 2.50. The van der Waals surface area contributed by atoms with Crippen molar-refractivity contribution in [3.05, 3.63) is 29.8 Å². The van der Waals surface area contributed by atoms with E-state index in [1.807, 2.05) is 4.90 Å². The predicted molar refractivity (Wildman–Crippen MR) is 102 cm³/mol. The van der Waals surface area contributed by atoms with Gasteiger partial charge in [-0.3, -0.25) is 9.52 Å². The molecule has 0 spiro atoms. The van der Waals surface area contributed by atoms with E-state index in [4.69, 9.17) is 0 Å². The summed E-state index contributed by atoms with van der Waals surface area (Å²) in [6, 6.07) is 7.26. The largest absolute Gasteiger partial charge is 0.338 e. The number of hydrogen-bond acceptors (Lipinski definition) is 4. The molecule has 8 heteroatoms. The van der Waals surface area contributed by atoms with Crippen LogP contribution in [-0.4, -0.2) is 51.2 Å². The third-order valence-corrected chi connectivity index (χ3v) is 5.22. The first kappa shape index (κ1) is 20.0. The van der Waals surface area contributed by atoms with Gasteiger partial charge in [0.05, 0.1) is 17.5 Å². The first-order valence-corrected chi connectivity index (χ1v) is 10.4. The van der Waals surface area contributed by atoms with Crippen LogP contribution in [0.25, 0.3) is 0 Å². The number of carbonyl (C=O) groups excluding carboxylic acids is 1. The molecule has 2 N–H and O–H groups in total. The molecule has 1 aliphatic carbocycles. The molecule has 1 saturated heterocycles. The number of hydrogen-bond donors (Lipinski definition) is 2. The van der Waals surface area contributed by atoms with Gasteiger partial charge in [0, 0.05) is 19.1 Å². The molecular formula is C17H26ClN3O3S. The Hall–Kier alpha value is -1.31. The average Bonchev–Trinajstić information content (AvgIpc) is 3.36. The number of anilines is 1. The van der Waals surface area contributed by atoms with Crippen LogP contribution in [0.4, 0.5) is 5.69 Å². The summed E-state index contributed by atoms with van der Waals surface area (Å²) in [6.07, 6.45) is 5.66. The van der Waals surface area contributed by atoms with E-state index in [0.717, 1.165) is 31.6 Å². The van der Waals surface area contributed by atoms with E-state index in [9.17, 15) is 13.2 Å². The first-order chi connectivity index (χ1) is 11.4. The van der Waals surface area contributed by atoms with Gasteiger partial charge in [-0.1, -0.05) is 12.1 Å². The summed E-state index contributed by atoms with van der Waals surface area (Å²) in [5, 5.41) is 3.60. The van der Waals surface area contributed by atoms with Gasteiger partial charge < -0.3 is 10.2 Å². The van der Waals surface area contributed by atoms with Crippen molar-refractivity contribution >= 4 is 34.0 Å². The molecule has 1 saturated carbocycles. The molecule has 1 aromatic carbocycles. The smallest absolute Gasteiger partial charge is 0.255 e. The van der Waals surface area contributed by atoms with Crippen LogP contribution >= 0.6 is 12.4 Å². The van der Waals surface area contributed by atoms with E-state index in [2.05, 4.69) is 10.0 Å². The van der Waals surface area contributed by atoms with Gasteiger partial charge in [-0.25, -0.2) is 8.42 Å². The molecule has 3 rings (SSSR count). The summed E-state index contributed by atoms with van der Waals surface area (Å²) in [4.78, 5) is 14.6. The van der Waals surface area contributed by atoms with Crippen LogP contribution in [0.5, 0.6) is 0 Å². The number of piperidine rings is 1. The van der Waals surface area contributed by atoms with Crippen LogP contribution in [0.1, 0.15) is 36.0 Å². The molecule has 1 amide bonds. The maximum absolute atomic E-state index is 12.8. The van der Waals surface area contributed by atoms with Crippen molar-refractivity contribution in [3.63, 3.8) is 0 Å². The predicted octanol–water partition coefficient (Wildman–Crippen LogP) is 2.08. The lowest BCUT2D eigenvalue weighted by molar-refractivity contribution is 0.0706. The number of rotatable bonds is 6. The van der Waals surface area contributed by atoms with Crippen molar-refractivity contribution in [2.45, 2.75) is 31.7 Å². The summed E-state index contributed by atoms with van der Waals surface area (Å²) in [5.74, 6) is 0.751. The zero-order valence-electron chi connectivity index (χ0n) is 14.4. The van der Waals surface area contributed by atoms with Crippen molar-refractivity contribution in [1.82, 2.24) is 10.2 Å². The lowest BCUT2D eigenvalue weighted by Gasteiger charge is -2.33. The summed E-state index contributed by atoms with van der Waals surface area (Å²) in [5.41, 5.74) is 0.756. The van der Waals surface area contributed by atoms with Crippen molar-refractivity contribution in [2.75, 3.05) is 30.6 Å². The number of sulfonamides is 1. The molecule has 25 heavy (non-hydrogen) atoms. The Morgan fingerprint density at radius 1 is 1.16 bits per heavy atom. The molecular weight excluding hydrogens is 362 g/mol. The van der Waals surface area contributed by atoms with Crippen molar-refractivity contribution < 1.29 is 13.2 Å². The van der Waals surface area contributed by atoms with Gasteiger partial charge in [0.15, 0.2) is 0 Å². The summed E-state index contributed by atoms with van der Waals surface area (Å²) < 4.78 is 25.4. The third kappa shape index (κ3) is 5.87. The van der Waals surface area contributed by atoms with Gasteiger partial charge in [-0.2, -0.15) is 0 Å². The maximum atomic E-state index is 12.8. The second-order valence-corrected chi connectivity index (χ2v) is 8.59. The summed E-state index contributed by atoms with van der Waals surface area (Å²) >= 11 is 0. The van der Waals surface area contributed by atoms with Crippen molar-refractivity contribution in [1.29, 1.82) is 0 Å². The zero-order chi connectivity index (χ0) is 17.2. The van der Waals surface area contributed by atoms with Gasteiger partial charge in [-0.05, 0) is 50.3 Å². The van der Waals surface area contributed by atoms with Crippen molar-refractivity contribution in [3.8, 4) is 0 Å². The first-order valence-electron chi connectivity index (χ1n) is 8.52. The molecule has 2 fully saturated rings. The standard InChI is InChI=1S/C17H25N3O3S.ClH/c1-24(22,23)19-16-5-3-2-4-15(16)17(21)20-10-8-14(9-11-20)18-12-13-6-7-13;/h2-5,13-14,18-19H,6-12H2,1H3;1H. The maximum Gasteiger partial charge on any atom is 0.255 e. The number of amides is 1. The highest BCUT2D eigenvalue weighted by atomic mass is 35.5. The average molecular weight is 388 g/mol. The minimum Gasteiger partial charge on any atom is -0.338 e. The number of halogens is 1. The quantitative estimate of drug-likeness (QED) is 0.783. The molecule has 0 aromatic heterocycles. The molecule has 0 bridgehead atoms. The molecule has 140 valence electrons. The van der Waals surface area contributed by atoms with Crippen molar-refractivity contribution in [2.24, 2.45) is 5.92 Å². The van der Waals surface area contributed by atoms with Gasteiger partial charge in [0.2, 0.25) is 10.0 Å². The Kier molecular flexibility index (Phi) is 6.71. The highest BCUT2D eigenvalue weighted by Gasteiger charge is 2.27. The van der Waals surface area contributed by atoms with Crippen LogP contribution in [-0.2, 0) is 10.0 Å². The van der Waals surface area contributed by atoms with E-state index in [0.29, 0.717) is 30.4 Å². The Balaban J connectivity index is 0.00000225. The monoisotopic (exact) mass is 387 g/mol. The molecule has 0 radical (unpaired) electrons. The Morgan fingerprint density at radius 2 is 1.80 bits per heavy atom. The Labute approximate surface area is 155 Å². The highest BCUT2D eigenvalue weighted by Crippen LogP contribution is 2.28. The molecule has 1 aromatic rings. The van der Waals surface area contributed by atoms with E-state index >= 15 is 0 Å². The van der Waals surface area contributed by atoms with Gasteiger partial charge in [0.25, 0.3) is 5.91 Å². The second-order valence-electron chi connectivity index (χ2n) is 6.84. The Morgan fingerprint density at radius 3 is 2.40 bits per heavy atom. The zero-order valence-corrected chi connectivity index (χ0v) is 16.0. The minimum absolute atomic E-state index is 0. The van der Waals surface area contributed by atoms with E-state index in [-0.39, 0.29) is 18.3 Å². The lowest BCUT2D eigenvalue weighted by Crippen LogP contribution is -2.45. The highest BCUT2D eigenvalue weighted by molar-refractivity contribution is 7.92. The molecule has 0 unspecified atom stereocenters. The summed E-state index contributed by atoms with van der Waals surface area (Å²) in [7, 11) is -3.41. The SMILES string of the molecule is CS(=O)(=O)Nc1ccccc1C(=O)N1CCC(NCC2CC2)CC1.Cl. The fraction of sp³-hybridized carbons (Fsp3) is 0.588. The fourth-order valence-corrected chi connectivity index (χ4v) is 3.65. The number of likely N-dealkylation sites (tertiary alicyclic amines) is 1. The molecule has 6 nitrogen and oxygen atoms in total. The van der Waals surface area contributed by atoms with Crippen LogP contribution < -0.4 is 10.0 Å². The number of benzene rings is 1. The number of para-hydroxylation sites is 1. The number of nitrogens with one attached hydrogen (secondary N) is 2. The molecule has 1 aliphatic heterocycles.